The lowest BCUT2D eigenvalue weighted by atomic mass is 9.89. The van der Waals surface area contributed by atoms with Crippen LogP contribution in [0, 0.1) is 11.8 Å². The highest BCUT2D eigenvalue weighted by molar-refractivity contribution is 5.78. The molecule has 6 nitrogen and oxygen atoms in total. The normalized spacial score (nSPS) is 26.2. The second kappa shape index (κ2) is 8.86. The minimum atomic E-state index is -0.199. The molecular formula is C17H26N2O4. The van der Waals surface area contributed by atoms with E-state index in [4.69, 9.17) is 14.8 Å². The number of hydrogen-bond donors (Lipinski definition) is 3. The first-order valence-corrected chi connectivity index (χ1v) is 8.13. The Morgan fingerprint density at radius 3 is 2.78 bits per heavy atom. The summed E-state index contributed by atoms with van der Waals surface area (Å²) in [5.41, 5.74) is 2.86. The molecule has 2 bridgehead atoms. The minimum absolute atomic E-state index is 0.00863. The molecule has 2 aliphatic rings. The number of amides is 1. The van der Waals surface area contributed by atoms with Gasteiger partial charge in [-0.15, -0.1) is 0 Å². The van der Waals surface area contributed by atoms with E-state index < -0.39 is 0 Å². The Morgan fingerprint density at radius 1 is 1.35 bits per heavy atom. The second-order valence-corrected chi connectivity index (χ2v) is 6.20. The summed E-state index contributed by atoms with van der Waals surface area (Å²) in [6, 6.07) is 8.06. The number of hydrogen-bond acceptors (Lipinski definition) is 5. The molecule has 3 atom stereocenters. The lowest BCUT2D eigenvalue weighted by Crippen LogP contribution is -2.41. The molecule has 0 saturated carbocycles. The van der Waals surface area contributed by atoms with Gasteiger partial charge < -0.3 is 10.1 Å². The molecule has 0 fully saturated rings. The summed E-state index contributed by atoms with van der Waals surface area (Å²) in [5, 5.41) is 11.7. The van der Waals surface area contributed by atoms with Crippen LogP contribution in [0.2, 0.25) is 0 Å². The summed E-state index contributed by atoms with van der Waals surface area (Å²) >= 11 is 0. The van der Waals surface area contributed by atoms with Gasteiger partial charge in [0.1, 0.15) is 5.75 Å². The Kier molecular flexibility index (Phi) is 6.83. The van der Waals surface area contributed by atoms with Crippen LogP contribution in [-0.2, 0) is 16.1 Å². The third-order valence-corrected chi connectivity index (χ3v) is 4.32. The maximum absolute atomic E-state index is 12.4. The van der Waals surface area contributed by atoms with Gasteiger partial charge in [0.2, 0.25) is 5.91 Å². The van der Waals surface area contributed by atoms with Gasteiger partial charge in [-0.1, -0.05) is 24.7 Å². The fourth-order valence-electron chi connectivity index (χ4n) is 2.87. The van der Waals surface area contributed by atoms with Crippen molar-refractivity contribution >= 4 is 5.91 Å². The smallest absolute Gasteiger partial charge is 0.223 e. The fourth-order valence-corrected chi connectivity index (χ4v) is 2.87. The summed E-state index contributed by atoms with van der Waals surface area (Å²) < 4.78 is 5.74. The van der Waals surface area contributed by atoms with Crippen LogP contribution in [0.15, 0.2) is 24.3 Å². The van der Waals surface area contributed by atoms with Gasteiger partial charge in [-0.25, -0.2) is 0 Å². The van der Waals surface area contributed by atoms with Crippen molar-refractivity contribution in [2.75, 3.05) is 13.2 Å². The number of fused-ring (bicyclic) bond motifs is 11. The molecule has 1 aromatic rings. The van der Waals surface area contributed by atoms with E-state index in [-0.39, 0.29) is 30.4 Å². The molecule has 1 amide bonds. The van der Waals surface area contributed by atoms with Gasteiger partial charge in [0.15, 0.2) is 0 Å². The summed E-state index contributed by atoms with van der Waals surface area (Å²) in [5.74, 6) is 0.683. The Balaban J connectivity index is 2.09. The molecule has 0 radical (unpaired) electrons. The highest BCUT2D eigenvalue weighted by atomic mass is 16.8. The average Bonchev–Trinajstić information content (AvgIpc) is 2.54. The number of ether oxygens (including phenoxy) is 1. The molecule has 2 aliphatic heterocycles. The van der Waals surface area contributed by atoms with Gasteiger partial charge in [-0.3, -0.25) is 14.8 Å². The van der Waals surface area contributed by atoms with Gasteiger partial charge in [-0.05, 0) is 49.8 Å². The lowest BCUT2D eigenvalue weighted by Gasteiger charge is -2.25. The van der Waals surface area contributed by atoms with Crippen LogP contribution < -0.4 is 15.7 Å². The van der Waals surface area contributed by atoms with Crippen LogP contribution in [0.25, 0.3) is 0 Å². The molecule has 128 valence electrons. The number of carbonyl (C=O) groups excluding carboxylic acids is 1. The summed E-state index contributed by atoms with van der Waals surface area (Å²) in [6.45, 7) is 4.76. The summed E-state index contributed by atoms with van der Waals surface area (Å²) in [6.07, 6.45) is 2.37. The van der Waals surface area contributed by atoms with Crippen molar-refractivity contribution in [3.63, 3.8) is 0 Å². The van der Waals surface area contributed by atoms with E-state index in [1.165, 1.54) is 5.56 Å². The van der Waals surface area contributed by atoms with E-state index >= 15 is 0 Å². The van der Waals surface area contributed by atoms with E-state index in [9.17, 15) is 4.79 Å². The third-order valence-electron chi connectivity index (χ3n) is 4.32. The molecule has 6 heteroatoms. The van der Waals surface area contributed by atoms with Crippen molar-refractivity contribution in [2.24, 2.45) is 11.8 Å². The molecule has 0 aliphatic carbocycles. The fraction of sp³-hybridized carbons (Fsp3) is 0.588. The Morgan fingerprint density at radius 2 is 2.09 bits per heavy atom. The molecule has 3 rings (SSSR count). The van der Waals surface area contributed by atoms with Gasteiger partial charge in [0, 0.05) is 12.0 Å². The zero-order valence-corrected chi connectivity index (χ0v) is 13.7. The first-order chi connectivity index (χ1) is 11.1. The zero-order chi connectivity index (χ0) is 16.7. The number of carbonyl (C=O) groups is 1. The lowest BCUT2D eigenvalue weighted by molar-refractivity contribution is -0.147. The third kappa shape index (κ3) is 5.49. The number of rotatable bonds is 3. The molecule has 0 saturated heterocycles. The SMILES string of the molecule is CC1Cc2ccc(cc2)OCCCC(CONO)[C@@H](C)C(=O)N1. The van der Waals surface area contributed by atoms with E-state index in [2.05, 4.69) is 5.32 Å². The van der Waals surface area contributed by atoms with E-state index in [1.807, 2.05) is 38.1 Å². The van der Waals surface area contributed by atoms with Crippen LogP contribution >= 0.6 is 0 Å². The van der Waals surface area contributed by atoms with Gasteiger partial charge in [-0.2, -0.15) is 0 Å². The van der Waals surface area contributed by atoms with Crippen LogP contribution in [-0.4, -0.2) is 30.4 Å². The predicted octanol–water partition coefficient (Wildman–Crippen LogP) is 2.07. The van der Waals surface area contributed by atoms with Crippen molar-refractivity contribution in [3.8, 4) is 5.75 Å². The Hall–Kier alpha value is -1.63. The Bertz CT molecular complexity index is 492. The molecule has 0 spiro atoms. The molecular weight excluding hydrogens is 296 g/mol. The first-order valence-electron chi connectivity index (χ1n) is 8.13. The first kappa shape index (κ1) is 17.7. The van der Waals surface area contributed by atoms with Gasteiger partial charge in [0.25, 0.3) is 0 Å². The maximum atomic E-state index is 12.4. The molecule has 3 N–H and O–H groups in total. The van der Waals surface area contributed by atoms with Crippen molar-refractivity contribution in [3.05, 3.63) is 29.8 Å². The van der Waals surface area contributed by atoms with Crippen molar-refractivity contribution in [2.45, 2.75) is 39.2 Å². The predicted molar refractivity (Wildman–Crippen MR) is 86.0 cm³/mol. The van der Waals surface area contributed by atoms with E-state index in [1.54, 1.807) is 5.64 Å². The average molecular weight is 322 g/mol. The maximum Gasteiger partial charge on any atom is 0.223 e. The number of benzene rings is 1. The molecule has 1 aromatic carbocycles. The van der Waals surface area contributed by atoms with E-state index in [0.717, 1.165) is 25.0 Å². The Labute approximate surface area is 137 Å². The summed E-state index contributed by atoms with van der Waals surface area (Å²) in [4.78, 5) is 17.3. The van der Waals surface area contributed by atoms with Gasteiger partial charge in [0.05, 0.1) is 13.2 Å². The van der Waals surface area contributed by atoms with Crippen molar-refractivity contribution in [1.82, 2.24) is 11.0 Å². The van der Waals surface area contributed by atoms with Crippen LogP contribution in [0.1, 0.15) is 32.3 Å². The molecule has 2 unspecified atom stereocenters. The zero-order valence-electron chi connectivity index (χ0n) is 13.7. The van der Waals surface area contributed by atoms with Crippen LogP contribution in [0.3, 0.4) is 0 Å². The van der Waals surface area contributed by atoms with Crippen LogP contribution in [0.4, 0.5) is 0 Å². The van der Waals surface area contributed by atoms with Crippen molar-refractivity contribution < 1.29 is 19.6 Å². The largest absolute Gasteiger partial charge is 0.494 e. The topological polar surface area (TPSA) is 79.8 Å². The highest BCUT2D eigenvalue weighted by Gasteiger charge is 2.25. The van der Waals surface area contributed by atoms with Gasteiger partial charge >= 0.3 is 0 Å². The highest BCUT2D eigenvalue weighted by Crippen LogP contribution is 2.21. The standard InChI is InChI=1S/C17H26N2O4/c1-12-10-14-5-7-16(8-6-14)22-9-3-4-15(11-23-19-21)13(2)17(20)18-12/h5-8,12-13,15,19,21H,3-4,9-11H2,1-2H3,(H,18,20)/t12?,13-,15?/m1/s1. The molecule has 0 aromatic heterocycles. The van der Waals surface area contributed by atoms with Crippen molar-refractivity contribution in [1.29, 1.82) is 0 Å². The monoisotopic (exact) mass is 322 g/mol. The molecule has 2 heterocycles. The van der Waals surface area contributed by atoms with Crippen LogP contribution in [0.5, 0.6) is 5.75 Å². The minimum Gasteiger partial charge on any atom is -0.494 e. The summed E-state index contributed by atoms with van der Waals surface area (Å²) in [7, 11) is 0. The number of nitrogens with one attached hydrogen (secondary N) is 2. The second-order valence-electron chi connectivity index (χ2n) is 6.20. The quantitative estimate of drug-likeness (QED) is 0.743. The van der Waals surface area contributed by atoms with E-state index in [0.29, 0.717) is 6.61 Å². The molecule has 23 heavy (non-hydrogen) atoms.